The van der Waals surface area contributed by atoms with E-state index in [2.05, 4.69) is 25.6 Å². The fourth-order valence-corrected chi connectivity index (χ4v) is 5.42. The van der Waals surface area contributed by atoms with Gasteiger partial charge in [0.05, 0.1) is 22.7 Å². The number of nitrogens with zero attached hydrogens (tertiary/aromatic N) is 5. The topological polar surface area (TPSA) is 126 Å². The first-order valence-electron chi connectivity index (χ1n) is 10.5. The van der Waals surface area contributed by atoms with Crippen molar-refractivity contribution in [1.29, 1.82) is 0 Å². The summed E-state index contributed by atoms with van der Waals surface area (Å²) >= 11 is 0. The van der Waals surface area contributed by atoms with Crippen molar-refractivity contribution in [2.24, 2.45) is 5.92 Å². The lowest BCUT2D eigenvalue weighted by molar-refractivity contribution is -0.126. The lowest BCUT2D eigenvalue weighted by atomic mass is 9.99. The second-order valence-electron chi connectivity index (χ2n) is 8.10. The van der Waals surface area contributed by atoms with Crippen LogP contribution in [0.2, 0.25) is 0 Å². The minimum Gasteiger partial charge on any atom is -0.355 e. The normalized spacial score (nSPS) is 18.0. The Morgan fingerprint density at radius 3 is 2.94 bits per heavy atom. The van der Waals surface area contributed by atoms with Crippen LogP contribution in [0.3, 0.4) is 0 Å². The van der Waals surface area contributed by atoms with Crippen LogP contribution in [0.25, 0.3) is 11.0 Å². The van der Waals surface area contributed by atoms with Crippen molar-refractivity contribution in [3.05, 3.63) is 36.4 Å². The van der Waals surface area contributed by atoms with Gasteiger partial charge in [0.2, 0.25) is 15.9 Å². The molecule has 31 heavy (non-hydrogen) atoms. The SMILES string of the molecule is CC(C)n1nnc2cc(S(=O)(=O)N3CCCC(C(=O)NCCc4cnc[nH]4)C3)ccc21. The number of hydrogen-bond acceptors (Lipinski definition) is 6. The highest BCUT2D eigenvalue weighted by Crippen LogP contribution is 2.26. The van der Waals surface area contributed by atoms with Gasteiger partial charge in [0, 0.05) is 44.0 Å². The molecular weight excluding hydrogens is 418 g/mol. The Morgan fingerprint density at radius 1 is 1.35 bits per heavy atom. The number of H-pyrrole nitrogens is 1. The van der Waals surface area contributed by atoms with E-state index in [0.717, 1.165) is 11.2 Å². The number of carbonyl (C=O) groups excluding carboxylic acids is 1. The molecule has 1 atom stereocenters. The van der Waals surface area contributed by atoms with Crippen molar-refractivity contribution in [3.63, 3.8) is 0 Å². The summed E-state index contributed by atoms with van der Waals surface area (Å²) in [6.45, 7) is 5.04. The maximum Gasteiger partial charge on any atom is 0.243 e. The van der Waals surface area contributed by atoms with Gasteiger partial charge in [-0.05, 0) is 44.9 Å². The first-order chi connectivity index (χ1) is 14.9. The van der Waals surface area contributed by atoms with Gasteiger partial charge in [-0.3, -0.25) is 4.79 Å². The summed E-state index contributed by atoms with van der Waals surface area (Å²) in [5, 5.41) is 11.1. The summed E-state index contributed by atoms with van der Waals surface area (Å²) in [6.07, 6.45) is 5.28. The van der Waals surface area contributed by atoms with Crippen molar-refractivity contribution < 1.29 is 13.2 Å². The van der Waals surface area contributed by atoms with Crippen LogP contribution in [0.5, 0.6) is 0 Å². The molecule has 1 unspecified atom stereocenters. The van der Waals surface area contributed by atoms with E-state index in [4.69, 9.17) is 0 Å². The van der Waals surface area contributed by atoms with E-state index in [9.17, 15) is 13.2 Å². The molecule has 1 aromatic carbocycles. The molecule has 11 heteroatoms. The third-order valence-electron chi connectivity index (χ3n) is 5.57. The summed E-state index contributed by atoms with van der Waals surface area (Å²) in [7, 11) is -3.72. The molecule has 0 bridgehead atoms. The van der Waals surface area contributed by atoms with E-state index in [-0.39, 0.29) is 29.3 Å². The number of aromatic nitrogens is 5. The summed E-state index contributed by atoms with van der Waals surface area (Å²) < 4.78 is 29.6. The Morgan fingerprint density at radius 2 is 2.19 bits per heavy atom. The summed E-state index contributed by atoms with van der Waals surface area (Å²) in [6, 6.07) is 5.02. The van der Waals surface area contributed by atoms with Crippen LogP contribution in [0, 0.1) is 5.92 Å². The van der Waals surface area contributed by atoms with E-state index in [1.54, 1.807) is 35.4 Å². The first kappa shape index (κ1) is 21.4. The lowest BCUT2D eigenvalue weighted by Crippen LogP contribution is -2.45. The highest BCUT2D eigenvalue weighted by molar-refractivity contribution is 7.89. The summed E-state index contributed by atoms with van der Waals surface area (Å²) in [4.78, 5) is 19.7. The van der Waals surface area contributed by atoms with Crippen molar-refractivity contribution in [2.75, 3.05) is 19.6 Å². The number of amides is 1. The lowest BCUT2D eigenvalue weighted by Gasteiger charge is -2.31. The Bertz CT molecular complexity index is 1150. The zero-order chi connectivity index (χ0) is 22.0. The number of hydrogen-bond donors (Lipinski definition) is 2. The number of benzene rings is 1. The number of imidazole rings is 1. The average molecular weight is 446 g/mol. The van der Waals surface area contributed by atoms with Crippen LogP contribution in [0.1, 0.15) is 38.4 Å². The number of piperidine rings is 1. The van der Waals surface area contributed by atoms with E-state index < -0.39 is 10.0 Å². The van der Waals surface area contributed by atoms with E-state index in [0.29, 0.717) is 37.9 Å². The third kappa shape index (κ3) is 4.47. The van der Waals surface area contributed by atoms with Gasteiger partial charge < -0.3 is 10.3 Å². The monoisotopic (exact) mass is 445 g/mol. The molecular formula is C20H27N7O3S. The zero-order valence-corrected chi connectivity index (χ0v) is 18.5. The van der Waals surface area contributed by atoms with Gasteiger partial charge >= 0.3 is 0 Å². The molecule has 2 aromatic heterocycles. The molecule has 166 valence electrons. The predicted molar refractivity (Wildman–Crippen MR) is 115 cm³/mol. The van der Waals surface area contributed by atoms with Gasteiger partial charge in [0.1, 0.15) is 5.52 Å². The maximum atomic E-state index is 13.2. The highest BCUT2D eigenvalue weighted by Gasteiger charge is 2.33. The molecule has 1 aliphatic rings. The van der Waals surface area contributed by atoms with Crippen molar-refractivity contribution in [2.45, 2.75) is 44.0 Å². The number of nitrogens with one attached hydrogen (secondary N) is 2. The Kier molecular flexibility index (Phi) is 6.05. The van der Waals surface area contributed by atoms with Gasteiger partial charge in [-0.2, -0.15) is 4.31 Å². The van der Waals surface area contributed by atoms with Crippen molar-refractivity contribution >= 4 is 27.0 Å². The Balaban J connectivity index is 1.44. The molecule has 0 spiro atoms. The van der Waals surface area contributed by atoms with E-state index in [1.165, 1.54) is 4.31 Å². The minimum atomic E-state index is -3.72. The number of carbonyl (C=O) groups is 1. The zero-order valence-electron chi connectivity index (χ0n) is 17.7. The second kappa shape index (κ2) is 8.75. The molecule has 1 saturated heterocycles. The number of fused-ring (bicyclic) bond motifs is 1. The molecule has 1 amide bonds. The van der Waals surface area contributed by atoms with Crippen LogP contribution in [-0.2, 0) is 21.2 Å². The van der Waals surface area contributed by atoms with Crippen molar-refractivity contribution in [3.8, 4) is 0 Å². The quantitative estimate of drug-likeness (QED) is 0.568. The van der Waals surface area contributed by atoms with Gasteiger partial charge in [0.25, 0.3) is 0 Å². The standard InChI is InChI=1S/C20H27N7O3S/c1-14(2)27-19-6-5-17(10-18(19)24-25-27)31(29,30)26-9-3-4-15(12-26)20(28)22-8-7-16-11-21-13-23-16/h5-6,10-11,13-15H,3-4,7-9,12H2,1-2H3,(H,21,23)(H,22,28). The number of rotatable bonds is 7. The van der Waals surface area contributed by atoms with Crippen LogP contribution in [0.4, 0.5) is 0 Å². The number of aromatic amines is 1. The smallest absolute Gasteiger partial charge is 0.243 e. The van der Waals surface area contributed by atoms with Gasteiger partial charge in [-0.15, -0.1) is 5.10 Å². The second-order valence-corrected chi connectivity index (χ2v) is 10.0. The third-order valence-corrected chi connectivity index (χ3v) is 7.43. The van der Waals surface area contributed by atoms with Crippen LogP contribution in [0.15, 0.2) is 35.6 Å². The fraction of sp³-hybridized carbons (Fsp3) is 0.500. The number of sulfonamides is 1. The molecule has 3 heterocycles. The molecule has 0 aliphatic carbocycles. The van der Waals surface area contributed by atoms with Crippen LogP contribution in [-0.4, -0.2) is 63.2 Å². The summed E-state index contributed by atoms with van der Waals surface area (Å²) in [5.74, 6) is -0.481. The van der Waals surface area contributed by atoms with E-state index in [1.807, 2.05) is 13.8 Å². The molecule has 1 aliphatic heterocycles. The van der Waals surface area contributed by atoms with E-state index >= 15 is 0 Å². The molecule has 3 aromatic rings. The molecule has 0 saturated carbocycles. The fourth-order valence-electron chi connectivity index (χ4n) is 3.87. The molecule has 1 fully saturated rings. The van der Waals surface area contributed by atoms with Gasteiger partial charge in [0.15, 0.2) is 0 Å². The Hall–Kier alpha value is -2.79. The first-order valence-corrected chi connectivity index (χ1v) is 11.9. The molecule has 2 N–H and O–H groups in total. The van der Waals surface area contributed by atoms with Crippen LogP contribution < -0.4 is 5.32 Å². The molecule has 0 radical (unpaired) electrons. The average Bonchev–Trinajstić information content (AvgIpc) is 3.43. The van der Waals surface area contributed by atoms with Gasteiger partial charge in [-0.25, -0.2) is 18.1 Å². The predicted octanol–water partition coefficient (Wildman–Crippen LogP) is 1.49. The largest absolute Gasteiger partial charge is 0.355 e. The maximum absolute atomic E-state index is 13.2. The van der Waals surface area contributed by atoms with Gasteiger partial charge in [-0.1, -0.05) is 5.21 Å². The highest BCUT2D eigenvalue weighted by atomic mass is 32.2. The Labute approximate surface area is 181 Å². The molecule has 10 nitrogen and oxygen atoms in total. The minimum absolute atomic E-state index is 0.116. The molecule has 4 rings (SSSR count). The van der Waals surface area contributed by atoms with Crippen molar-refractivity contribution in [1.82, 2.24) is 34.6 Å². The summed E-state index contributed by atoms with van der Waals surface area (Å²) in [5.41, 5.74) is 2.28. The van der Waals surface area contributed by atoms with Crippen LogP contribution >= 0.6 is 0 Å².